The number of hydrogen-bond acceptors (Lipinski definition) is 4. The van der Waals surface area contributed by atoms with E-state index in [4.69, 9.17) is 27.9 Å². The highest BCUT2D eigenvalue weighted by Crippen LogP contribution is 2.33. The number of rotatable bonds is 9. The molecule has 3 aromatic carbocycles. The van der Waals surface area contributed by atoms with Crippen LogP contribution in [0.3, 0.4) is 0 Å². The minimum atomic E-state index is -0.304. The van der Waals surface area contributed by atoms with Crippen molar-refractivity contribution >= 4 is 29.1 Å². The largest absolute Gasteiger partial charge is 0.439 e. The zero-order valence-corrected chi connectivity index (χ0v) is 21.0. The molecule has 35 heavy (non-hydrogen) atoms. The fourth-order valence-electron chi connectivity index (χ4n) is 3.45. The molecule has 8 heteroatoms. The Kier molecular flexibility index (Phi) is 8.08. The standard InChI is InChI=1S/C27H26Cl2N4O2/c1-18(2)30-17-22-25(26(34)31-16-19-8-4-3-5-9-19)32-33(24-11-7-6-10-23(24)29)27(22)35-21-14-12-20(28)13-15-21/h3-15,18,30H,16-17H2,1-2H3,(H,31,34). The third-order valence-electron chi connectivity index (χ3n) is 5.24. The molecule has 0 spiro atoms. The van der Waals surface area contributed by atoms with E-state index < -0.39 is 0 Å². The maximum atomic E-state index is 13.3. The molecule has 0 aliphatic rings. The Balaban J connectivity index is 1.78. The molecule has 180 valence electrons. The van der Waals surface area contributed by atoms with Gasteiger partial charge in [0.25, 0.3) is 5.91 Å². The van der Waals surface area contributed by atoms with Gasteiger partial charge in [0.15, 0.2) is 5.69 Å². The first-order valence-corrected chi connectivity index (χ1v) is 12.0. The van der Waals surface area contributed by atoms with E-state index in [1.807, 2.05) is 62.4 Å². The molecule has 0 fully saturated rings. The lowest BCUT2D eigenvalue weighted by Crippen LogP contribution is -2.27. The lowest BCUT2D eigenvalue weighted by Gasteiger charge is -2.14. The third-order valence-corrected chi connectivity index (χ3v) is 5.81. The van der Waals surface area contributed by atoms with Gasteiger partial charge >= 0.3 is 0 Å². The second kappa shape index (κ2) is 11.4. The van der Waals surface area contributed by atoms with E-state index >= 15 is 0 Å². The van der Waals surface area contributed by atoms with Crippen molar-refractivity contribution in [3.05, 3.63) is 106 Å². The molecule has 0 aliphatic carbocycles. The highest BCUT2D eigenvalue weighted by atomic mass is 35.5. The molecule has 1 heterocycles. The van der Waals surface area contributed by atoms with E-state index in [2.05, 4.69) is 15.7 Å². The fourth-order valence-corrected chi connectivity index (χ4v) is 3.79. The van der Waals surface area contributed by atoms with Crippen LogP contribution in [0.5, 0.6) is 11.6 Å². The minimum Gasteiger partial charge on any atom is -0.439 e. The first-order valence-electron chi connectivity index (χ1n) is 11.3. The maximum absolute atomic E-state index is 13.3. The number of para-hydroxylation sites is 1. The summed E-state index contributed by atoms with van der Waals surface area (Å²) in [7, 11) is 0. The number of halogens is 2. The van der Waals surface area contributed by atoms with Crippen LogP contribution >= 0.6 is 23.2 Å². The average molecular weight is 509 g/mol. The van der Waals surface area contributed by atoms with Crippen LogP contribution in [0.25, 0.3) is 5.69 Å². The van der Waals surface area contributed by atoms with E-state index in [1.165, 1.54) is 0 Å². The van der Waals surface area contributed by atoms with Crippen molar-refractivity contribution in [2.75, 3.05) is 0 Å². The predicted molar refractivity (Wildman–Crippen MR) is 140 cm³/mol. The predicted octanol–water partition coefficient (Wildman–Crippen LogP) is 6.40. The molecule has 0 saturated carbocycles. The molecule has 1 aromatic heterocycles. The summed E-state index contributed by atoms with van der Waals surface area (Å²) < 4.78 is 7.87. The number of amides is 1. The van der Waals surface area contributed by atoms with Crippen molar-refractivity contribution in [1.29, 1.82) is 0 Å². The molecule has 4 aromatic rings. The summed E-state index contributed by atoms with van der Waals surface area (Å²) in [4.78, 5) is 13.3. The topological polar surface area (TPSA) is 68.2 Å². The van der Waals surface area contributed by atoms with Crippen molar-refractivity contribution in [1.82, 2.24) is 20.4 Å². The smallest absolute Gasteiger partial charge is 0.272 e. The van der Waals surface area contributed by atoms with Crippen LogP contribution in [0.2, 0.25) is 10.0 Å². The van der Waals surface area contributed by atoms with Gasteiger partial charge in [-0.2, -0.15) is 9.78 Å². The van der Waals surface area contributed by atoms with Crippen molar-refractivity contribution in [3.8, 4) is 17.3 Å². The molecule has 2 N–H and O–H groups in total. The Morgan fingerprint density at radius 1 is 0.943 bits per heavy atom. The molecule has 0 atom stereocenters. The summed E-state index contributed by atoms with van der Waals surface area (Å²) in [5.41, 5.74) is 2.48. The second-order valence-corrected chi connectivity index (χ2v) is 9.10. The van der Waals surface area contributed by atoms with Gasteiger partial charge in [-0.1, -0.05) is 79.5 Å². The van der Waals surface area contributed by atoms with Crippen LogP contribution in [0.4, 0.5) is 0 Å². The van der Waals surface area contributed by atoms with E-state index in [-0.39, 0.29) is 17.6 Å². The monoisotopic (exact) mass is 508 g/mol. The van der Waals surface area contributed by atoms with Gasteiger partial charge in [-0.05, 0) is 42.0 Å². The molecule has 0 aliphatic heterocycles. The quantitative estimate of drug-likeness (QED) is 0.274. The minimum absolute atomic E-state index is 0.183. The first kappa shape index (κ1) is 24.8. The number of nitrogens with one attached hydrogen (secondary N) is 2. The summed E-state index contributed by atoms with van der Waals surface area (Å²) in [6.45, 7) is 4.82. The molecule has 0 radical (unpaired) electrons. The Hall–Kier alpha value is -3.32. The van der Waals surface area contributed by atoms with E-state index in [9.17, 15) is 4.79 Å². The highest BCUT2D eigenvalue weighted by Gasteiger charge is 2.26. The lowest BCUT2D eigenvalue weighted by atomic mass is 10.2. The highest BCUT2D eigenvalue weighted by molar-refractivity contribution is 6.32. The number of hydrogen-bond donors (Lipinski definition) is 2. The molecule has 0 unspecified atom stereocenters. The Morgan fingerprint density at radius 3 is 2.31 bits per heavy atom. The normalized spacial score (nSPS) is 11.0. The fraction of sp³-hybridized carbons (Fsp3) is 0.185. The Labute approximate surface area is 214 Å². The Morgan fingerprint density at radius 2 is 1.63 bits per heavy atom. The van der Waals surface area contributed by atoms with E-state index in [0.29, 0.717) is 46.0 Å². The van der Waals surface area contributed by atoms with Crippen LogP contribution < -0.4 is 15.4 Å². The summed E-state index contributed by atoms with van der Waals surface area (Å²) in [6, 6.07) is 24.2. The molecule has 0 bridgehead atoms. The lowest BCUT2D eigenvalue weighted by molar-refractivity contribution is 0.0944. The zero-order valence-electron chi connectivity index (χ0n) is 19.5. The average Bonchev–Trinajstić information content (AvgIpc) is 3.21. The van der Waals surface area contributed by atoms with Gasteiger partial charge in [0.2, 0.25) is 5.88 Å². The second-order valence-electron chi connectivity index (χ2n) is 8.26. The third kappa shape index (κ3) is 6.22. The van der Waals surface area contributed by atoms with Gasteiger partial charge in [-0.25, -0.2) is 0 Å². The Bertz CT molecular complexity index is 1290. The first-order chi connectivity index (χ1) is 16.9. The van der Waals surface area contributed by atoms with Gasteiger partial charge in [-0.3, -0.25) is 4.79 Å². The number of nitrogens with zero attached hydrogens (tertiary/aromatic N) is 2. The SMILES string of the molecule is CC(C)NCc1c(C(=O)NCc2ccccc2)nn(-c2ccccc2Cl)c1Oc1ccc(Cl)cc1. The van der Waals surface area contributed by atoms with Gasteiger partial charge in [0.05, 0.1) is 16.3 Å². The summed E-state index contributed by atoms with van der Waals surface area (Å²) in [5.74, 6) is 0.657. The van der Waals surface area contributed by atoms with Crippen molar-refractivity contribution < 1.29 is 9.53 Å². The summed E-state index contributed by atoms with van der Waals surface area (Å²) in [5, 5.41) is 12.1. The number of carbonyl (C=O) groups is 1. The van der Waals surface area contributed by atoms with Crippen LogP contribution in [0, 0.1) is 0 Å². The molecule has 1 amide bonds. The van der Waals surface area contributed by atoms with Gasteiger partial charge in [-0.15, -0.1) is 0 Å². The molecular formula is C27H26Cl2N4O2. The van der Waals surface area contributed by atoms with Crippen LogP contribution in [-0.2, 0) is 13.1 Å². The van der Waals surface area contributed by atoms with E-state index in [0.717, 1.165) is 5.56 Å². The van der Waals surface area contributed by atoms with Crippen LogP contribution in [0.15, 0.2) is 78.9 Å². The van der Waals surface area contributed by atoms with Gasteiger partial charge < -0.3 is 15.4 Å². The summed E-state index contributed by atoms with van der Waals surface area (Å²) in [6.07, 6.45) is 0. The molecule has 0 saturated heterocycles. The van der Waals surface area contributed by atoms with Gasteiger partial charge in [0.1, 0.15) is 5.75 Å². The van der Waals surface area contributed by atoms with Crippen LogP contribution in [0.1, 0.15) is 35.5 Å². The molecule has 6 nitrogen and oxygen atoms in total. The summed E-state index contributed by atoms with van der Waals surface area (Å²) >= 11 is 12.6. The number of carbonyl (C=O) groups excluding carboxylic acids is 1. The molecular weight excluding hydrogens is 483 g/mol. The van der Waals surface area contributed by atoms with Gasteiger partial charge in [0, 0.05) is 24.2 Å². The van der Waals surface area contributed by atoms with Crippen molar-refractivity contribution in [2.24, 2.45) is 0 Å². The molecule has 4 rings (SSSR count). The van der Waals surface area contributed by atoms with Crippen molar-refractivity contribution in [3.63, 3.8) is 0 Å². The number of ether oxygens (including phenoxy) is 1. The van der Waals surface area contributed by atoms with Crippen molar-refractivity contribution in [2.45, 2.75) is 33.0 Å². The van der Waals surface area contributed by atoms with E-state index in [1.54, 1.807) is 35.0 Å². The maximum Gasteiger partial charge on any atom is 0.272 e. The number of benzene rings is 3. The zero-order chi connectivity index (χ0) is 24.8. The number of aromatic nitrogens is 2. The van der Waals surface area contributed by atoms with Crippen LogP contribution in [-0.4, -0.2) is 21.7 Å².